The second-order valence-electron chi connectivity index (χ2n) is 2.47. The fourth-order valence-electron chi connectivity index (χ4n) is 1.04. The number of hydrogen-bond donors (Lipinski definition) is 1. The van der Waals surface area contributed by atoms with Gasteiger partial charge in [-0.3, -0.25) is 9.78 Å². The largest absolute Gasteiger partial charge is 0.320 e. The van der Waals surface area contributed by atoms with E-state index in [0.29, 0.717) is 11.0 Å². The van der Waals surface area contributed by atoms with Crippen molar-refractivity contribution < 1.29 is 0 Å². The number of fused-ring (bicyclic) bond motifs is 1. The number of H-pyrrole nitrogens is 1. The molecular formula is C8H5BN2O. The van der Waals surface area contributed by atoms with Crippen molar-refractivity contribution in [3.63, 3.8) is 0 Å². The maximum absolute atomic E-state index is 11.0. The first-order valence-corrected chi connectivity index (χ1v) is 3.52. The molecule has 4 heteroatoms. The summed E-state index contributed by atoms with van der Waals surface area (Å²) in [7, 11) is 5.33. The van der Waals surface area contributed by atoms with E-state index in [1.165, 1.54) is 0 Å². The van der Waals surface area contributed by atoms with Crippen molar-refractivity contribution in [2.24, 2.45) is 0 Å². The van der Waals surface area contributed by atoms with Crippen LogP contribution in [0.2, 0.25) is 0 Å². The van der Waals surface area contributed by atoms with Gasteiger partial charge in [0.15, 0.2) is 0 Å². The Balaban J connectivity index is 2.93. The summed E-state index contributed by atoms with van der Waals surface area (Å²) in [5.41, 5.74) is 1.08. The normalized spacial score (nSPS) is 10.3. The summed E-state index contributed by atoms with van der Waals surface area (Å²) in [5.74, 6) is 0. The van der Waals surface area contributed by atoms with Crippen molar-refractivity contribution in [3.05, 3.63) is 34.6 Å². The molecule has 0 spiro atoms. The zero-order chi connectivity index (χ0) is 8.55. The number of para-hydroxylation sites is 2. The van der Waals surface area contributed by atoms with E-state index in [4.69, 9.17) is 7.85 Å². The standard InChI is InChI=1S/C8H5BN2O/c9-7-8(12)11-6-4-2-1-3-5(6)10-7/h1-4H,(H,11,12). The average molecular weight is 156 g/mol. The predicted octanol–water partition coefficient (Wildman–Crippen LogP) is -0.283. The molecule has 0 atom stereocenters. The van der Waals surface area contributed by atoms with E-state index >= 15 is 0 Å². The molecule has 1 aromatic carbocycles. The molecule has 2 aromatic rings. The molecule has 3 nitrogen and oxygen atoms in total. The van der Waals surface area contributed by atoms with Crippen LogP contribution in [0.1, 0.15) is 0 Å². The molecule has 1 aromatic heterocycles. The van der Waals surface area contributed by atoms with Crippen LogP contribution in [-0.4, -0.2) is 17.8 Å². The van der Waals surface area contributed by atoms with Crippen molar-refractivity contribution in [3.8, 4) is 0 Å². The van der Waals surface area contributed by atoms with Crippen LogP contribution in [0.25, 0.3) is 11.0 Å². The summed E-state index contributed by atoms with van der Waals surface area (Å²) in [6.45, 7) is 0. The summed E-state index contributed by atoms with van der Waals surface area (Å²) in [5, 5.41) is 0. The molecule has 2 radical (unpaired) electrons. The molecule has 0 saturated carbocycles. The van der Waals surface area contributed by atoms with Crippen LogP contribution in [0.3, 0.4) is 0 Å². The third kappa shape index (κ3) is 1.01. The van der Waals surface area contributed by atoms with Crippen LogP contribution < -0.4 is 11.2 Å². The lowest BCUT2D eigenvalue weighted by Gasteiger charge is -1.96. The lowest BCUT2D eigenvalue weighted by Crippen LogP contribution is -2.30. The highest BCUT2D eigenvalue weighted by Crippen LogP contribution is 2.02. The second-order valence-corrected chi connectivity index (χ2v) is 2.47. The molecular weight excluding hydrogens is 151 g/mol. The number of nitrogens with zero attached hydrogens (tertiary/aromatic N) is 1. The molecule has 0 aliphatic rings. The smallest absolute Gasteiger partial charge is 0.259 e. The predicted molar refractivity (Wildman–Crippen MR) is 47.8 cm³/mol. The third-order valence-corrected chi connectivity index (χ3v) is 1.63. The molecule has 12 heavy (non-hydrogen) atoms. The maximum Gasteiger partial charge on any atom is 0.259 e. The Hall–Kier alpha value is -1.58. The van der Waals surface area contributed by atoms with Gasteiger partial charge in [-0.1, -0.05) is 12.1 Å². The van der Waals surface area contributed by atoms with Crippen molar-refractivity contribution >= 4 is 24.5 Å². The van der Waals surface area contributed by atoms with Crippen molar-refractivity contribution in [1.29, 1.82) is 0 Å². The fraction of sp³-hybridized carbons (Fsp3) is 0. The zero-order valence-corrected chi connectivity index (χ0v) is 6.24. The minimum atomic E-state index is -0.339. The third-order valence-electron chi connectivity index (χ3n) is 1.63. The Labute approximate surface area is 69.9 Å². The maximum atomic E-state index is 11.0. The number of benzene rings is 1. The molecule has 0 aliphatic heterocycles. The molecule has 56 valence electrons. The minimum Gasteiger partial charge on any atom is -0.320 e. The Morgan fingerprint density at radius 3 is 2.92 bits per heavy atom. The first kappa shape index (κ1) is 7.09. The molecule has 0 saturated heterocycles. The van der Waals surface area contributed by atoms with Gasteiger partial charge in [-0.2, -0.15) is 0 Å². The lowest BCUT2D eigenvalue weighted by atomic mass is 10.1. The molecule has 1 N–H and O–H groups in total. The number of aromatic nitrogens is 2. The molecule has 0 fully saturated rings. The van der Waals surface area contributed by atoms with E-state index < -0.39 is 0 Å². The minimum absolute atomic E-state index is 0.00806. The van der Waals surface area contributed by atoms with Gasteiger partial charge in [-0.05, 0) is 12.1 Å². The van der Waals surface area contributed by atoms with E-state index in [9.17, 15) is 4.79 Å². The molecule has 0 amide bonds. The Morgan fingerprint density at radius 2 is 2.08 bits per heavy atom. The first-order valence-electron chi connectivity index (χ1n) is 3.52. The lowest BCUT2D eigenvalue weighted by molar-refractivity contribution is 1.26. The SMILES string of the molecule is [B]c1nc2ccccc2[nH]c1=O. The van der Waals surface area contributed by atoms with Crippen LogP contribution in [0.4, 0.5) is 0 Å². The molecule has 0 aliphatic carbocycles. The van der Waals surface area contributed by atoms with Gasteiger partial charge >= 0.3 is 0 Å². The van der Waals surface area contributed by atoms with E-state index in [-0.39, 0.29) is 11.2 Å². The van der Waals surface area contributed by atoms with Crippen molar-refractivity contribution in [2.45, 2.75) is 0 Å². The van der Waals surface area contributed by atoms with Crippen LogP contribution in [0.15, 0.2) is 29.1 Å². The van der Waals surface area contributed by atoms with Crippen LogP contribution in [0, 0.1) is 0 Å². The van der Waals surface area contributed by atoms with Crippen LogP contribution >= 0.6 is 0 Å². The van der Waals surface area contributed by atoms with Gasteiger partial charge in [0, 0.05) is 0 Å². The van der Waals surface area contributed by atoms with Crippen LogP contribution in [-0.2, 0) is 0 Å². The van der Waals surface area contributed by atoms with Crippen molar-refractivity contribution in [2.75, 3.05) is 0 Å². The highest BCUT2D eigenvalue weighted by Gasteiger charge is 1.96. The fourth-order valence-corrected chi connectivity index (χ4v) is 1.04. The summed E-state index contributed by atoms with van der Waals surface area (Å²) in [4.78, 5) is 17.5. The number of hydrogen-bond acceptors (Lipinski definition) is 2. The monoisotopic (exact) mass is 156 g/mol. The zero-order valence-electron chi connectivity index (χ0n) is 6.24. The van der Waals surface area contributed by atoms with E-state index in [2.05, 4.69) is 9.97 Å². The van der Waals surface area contributed by atoms with Gasteiger partial charge in [0.05, 0.1) is 16.6 Å². The highest BCUT2D eigenvalue weighted by molar-refractivity contribution is 6.30. The number of nitrogens with one attached hydrogen (secondary N) is 1. The van der Waals surface area contributed by atoms with E-state index in [1.807, 2.05) is 12.1 Å². The van der Waals surface area contributed by atoms with E-state index in [0.717, 1.165) is 0 Å². The number of aromatic amines is 1. The molecule has 0 bridgehead atoms. The summed E-state index contributed by atoms with van der Waals surface area (Å²) in [6, 6.07) is 7.24. The molecule has 1 heterocycles. The number of rotatable bonds is 0. The Kier molecular flexibility index (Phi) is 1.47. The topological polar surface area (TPSA) is 45.8 Å². The van der Waals surface area contributed by atoms with Crippen LogP contribution in [0.5, 0.6) is 0 Å². The average Bonchev–Trinajstić information content (AvgIpc) is 2.07. The summed E-state index contributed by atoms with van der Waals surface area (Å²) in [6.07, 6.45) is 0. The molecule has 0 unspecified atom stereocenters. The van der Waals surface area contributed by atoms with Gasteiger partial charge in [0.2, 0.25) is 0 Å². The summed E-state index contributed by atoms with van der Waals surface area (Å²) >= 11 is 0. The van der Waals surface area contributed by atoms with Gasteiger partial charge in [-0.25, -0.2) is 0 Å². The van der Waals surface area contributed by atoms with Gasteiger partial charge in [-0.15, -0.1) is 0 Å². The Bertz CT molecular complexity index is 478. The van der Waals surface area contributed by atoms with Gasteiger partial charge < -0.3 is 4.98 Å². The van der Waals surface area contributed by atoms with Crippen molar-refractivity contribution in [1.82, 2.24) is 9.97 Å². The Morgan fingerprint density at radius 1 is 1.33 bits per heavy atom. The van der Waals surface area contributed by atoms with Gasteiger partial charge in [0.25, 0.3) is 5.56 Å². The quantitative estimate of drug-likeness (QED) is 0.533. The van der Waals surface area contributed by atoms with E-state index in [1.54, 1.807) is 12.1 Å². The highest BCUT2D eigenvalue weighted by atomic mass is 16.1. The molecule has 2 rings (SSSR count). The first-order chi connectivity index (χ1) is 5.77. The summed E-state index contributed by atoms with van der Waals surface area (Å²) < 4.78 is 0. The second kappa shape index (κ2) is 2.48. The van der Waals surface area contributed by atoms with Gasteiger partial charge in [0.1, 0.15) is 7.85 Å².